The van der Waals surface area contributed by atoms with Gasteiger partial charge in [0.15, 0.2) is 0 Å². The zero-order valence-electron chi connectivity index (χ0n) is 13.7. The van der Waals surface area contributed by atoms with Crippen molar-refractivity contribution in [2.75, 3.05) is 5.32 Å². The molecule has 0 radical (unpaired) electrons. The van der Waals surface area contributed by atoms with Crippen molar-refractivity contribution in [3.05, 3.63) is 57.5 Å². The van der Waals surface area contributed by atoms with Crippen molar-refractivity contribution in [1.29, 1.82) is 5.26 Å². The second-order valence-corrected chi connectivity index (χ2v) is 6.60. The van der Waals surface area contributed by atoms with Crippen LogP contribution in [0.2, 0.25) is 0 Å². The van der Waals surface area contributed by atoms with Crippen LogP contribution in [0.15, 0.2) is 41.5 Å². The molecule has 0 aliphatic rings. The molecule has 0 bridgehead atoms. The van der Waals surface area contributed by atoms with Crippen molar-refractivity contribution in [3.8, 4) is 6.07 Å². The smallest absolute Gasteiger partial charge is 0.262 e. The standard InChI is InChI=1S/C18H16N4O2S/c1-2-13-9-14-17(25-13)20-11-22(18(14)24)8-7-16(23)21-15-6-4-3-5-12(15)10-19/h3-6,9,11H,2,7-8H2,1H3,(H,21,23). The summed E-state index contributed by atoms with van der Waals surface area (Å²) < 4.78 is 1.45. The summed E-state index contributed by atoms with van der Waals surface area (Å²) >= 11 is 1.52. The quantitative estimate of drug-likeness (QED) is 0.765. The first-order valence-electron chi connectivity index (χ1n) is 7.89. The number of hydrogen-bond donors (Lipinski definition) is 1. The lowest BCUT2D eigenvalue weighted by Gasteiger charge is -2.08. The Morgan fingerprint density at radius 3 is 2.96 bits per heavy atom. The molecular weight excluding hydrogens is 336 g/mol. The molecule has 1 amide bonds. The summed E-state index contributed by atoms with van der Waals surface area (Å²) in [4.78, 5) is 30.8. The van der Waals surface area contributed by atoms with Gasteiger partial charge in [-0.15, -0.1) is 11.3 Å². The Morgan fingerprint density at radius 2 is 2.20 bits per heavy atom. The minimum atomic E-state index is -0.255. The molecule has 0 unspecified atom stereocenters. The lowest BCUT2D eigenvalue weighted by molar-refractivity contribution is -0.116. The van der Waals surface area contributed by atoms with E-state index in [1.807, 2.05) is 19.1 Å². The first-order valence-corrected chi connectivity index (χ1v) is 8.71. The molecule has 0 atom stereocenters. The van der Waals surface area contributed by atoms with Gasteiger partial charge in [0.25, 0.3) is 5.56 Å². The zero-order chi connectivity index (χ0) is 17.8. The summed E-state index contributed by atoms with van der Waals surface area (Å²) in [5.41, 5.74) is 0.744. The van der Waals surface area contributed by atoms with Gasteiger partial charge in [-0.2, -0.15) is 5.26 Å². The number of benzene rings is 1. The molecule has 0 fully saturated rings. The Morgan fingerprint density at radius 1 is 1.40 bits per heavy atom. The molecule has 7 heteroatoms. The number of nitriles is 1. The highest BCUT2D eigenvalue weighted by Gasteiger charge is 2.10. The molecule has 3 rings (SSSR count). The number of nitrogens with one attached hydrogen (secondary N) is 1. The Balaban J connectivity index is 1.72. The van der Waals surface area contributed by atoms with Gasteiger partial charge in [0.05, 0.1) is 23.0 Å². The fourth-order valence-corrected chi connectivity index (χ4v) is 3.39. The number of amides is 1. The number of anilines is 1. The minimum absolute atomic E-state index is 0.123. The fraction of sp³-hybridized carbons (Fsp3) is 0.222. The summed E-state index contributed by atoms with van der Waals surface area (Å²) in [6, 6.07) is 10.7. The molecule has 126 valence electrons. The normalized spacial score (nSPS) is 10.6. The van der Waals surface area contributed by atoms with Crippen LogP contribution in [0, 0.1) is 11.3 Å². The van der Waals surface area contributed by atoms with Gasteiger partial charge in [-0.1, -0.05) is 19.1 Å². The third kappa shape index (κ3) is 3.59. The van der Waals surface area contributed by atoms with Gasteiger partial charge in [-0.25, -0.2) is 4.98 Å². The van der Waals surface area contributed by atoms with Gasteiger partial charge < -0.3 is 5.32 Å². The summed E-state index contributed by atoms with van der Waals surface area (Å²) in [5, 5.41) is 12.3. The highest BCUT2D eigenvalue weighted by Crippen LogP contribution is 2.21. The van der Waals surface area contributed by atoms with Crippen LogP contribution in [0.1, 0.15) is 23.8 Å². The van der Waals surface area contributed by atoms with E-state index in [1.54, 1.807) is 24.3 Å². The van der Waals surface area contributed by atoms with Gasteiger partial charge in [0, 0.05) is 17.8 Å². The topological polar surface area (TPSA) is 87.8 Å². The van der Waals surface area contributed by atoms with Crippen LogP contribution in [0.25, 0.3) is 10.2 Å². The van der Waals surface area contributed by atoms with Gasteiger partial charge in [-0.05, 0) is 24.6 Å². The van der Waals surface area contributed by atoms with Crippen molar-refractivity contribution in [2.45, 2.75) is 26.3 Å². The van der Waals surface area contributed by atoms with E-state index < -0.39 is 0 Å². The Labute approximate surface area is 148 Å². The van der Waals surface area contributed by atoms with E-state index >= 15 is 0 Å². The third-order valence-corrected chi connectivity index (χ3v) is 5.01. The van der Waals surface area contributed by atoms with Crippen LogP contribution in [-0.2, 0) is 17.8 Å². The predicted octanol–water partition coefficient (Wildman–Crippen LogP) is 2.92. The summed E-state index contributed by atoms with van der Waals surface area (Å²) in [6.45, 7) is 2.27. The zero-order valence-corrected chi connectivity index (χ0v) is 14.5. The molecule has 0 aliphatic carbocycles. The van der Waals surface area contributed by atoms with Crippen molar-refractivity contribution in [2.24, 2.45) is 0 Å². The Bertz CT molecular complexity index is 1030. The fourth-order valence-electron chi connectivity index (χ4n) is 2.47. The second-order valence-electron chi connectivity index (χ2n) is 5.48. The monoisotopic (exact) mass is 352 g/mol. The minimum Gasteiger partial charge on any atom is -0.325 e. The van der Waals surface area contributed by atoms with Gasteiger partial charge in [0.2, 0.25) is 5.91 Å². The average molecular weight is 352 g/mol. The van der Waals surface area contributed by atoms with Crippen molar-refractivity contribution in [3.63, 3.8) is 0 Å². The number of carbonyl (C=O) groups excluding carboxylic acids is 1. The van der Waals surface area contributed by atoms with Crippen LogP contribution in [-0.4, -0.2) is 15.5 Å². The average Bonchev–Trinajstić information content (AvgIpc) is 3.06. The third-order valence-electron chi connectivity index (χ3n) is 3.82. The van der Waals surface area contributed by atoms with Gasteiger partial charge in [-0.3, -0.25) is 14.2 Å². The predicted molar refractivity (Wildman–Crippen MR) is 97.7 cm³/mol. The first kappa shape index (κ1) is 16.9. The Kier molecular flexibility index (Phi) is 4.91. The van der Waals surface area contributed by atoms with E-state index in [2.05, 4.69) is 10.3 Å². The van der Waals surface area contributed by atoms with Crippen LogP contribution in [0.3, 0.4) is 0 Å². The van der Waals surface area contributed by atoms with E-state index in [4.69, 9.17) is 5.26 Å². The molecule has 0 aliphatic heterocycles. The number of rotatable bonds is 5. The Hall–Kier alpha value is -2.98. The molecule has 25 heavy (non-hydrogen) atoms. The highest BCUT2D eigenvalue weighted by molar-refractivity contribution is 7.18. The number of fused-ring (bicyclic) bond motifs is 1. The lowest BCUT2D eigenvalue weighted by atomic mass is 10.2. The van der Waals surface area contributed by atoms with E-state index in [9.17, 15) is 9.59 Å². The van der Waals surface area contributed by atoms with Crippen LogP contribution >= 0.6 is 11.3 Å². The first-order chi connectivity index (χ1) is 12.1. The molecule has 3 aromatic rings. The van der Waals surface area contributed by atoms with Crippen LogP contribution in [0.5, 0.6) is 0 Å². The number of nitrogens with zero attached hydrogens (tertiary/aromatic N) is 3. The molecule has 0 saturated heterocycles. The lowest BCUT2D eigenvalue weighted by Crippen LogP contribution is -2.23. The molecule has 1 aromatic carbocycles. The number of hydrogen-bond acceptors (Lipinski definition) is 5. The molecule has 0 spiro atoms. The van der Waals surface area contributed by atoms with Gasteiger partial charge >= 0.3 is 0 Å². The SMILES string of the molecule is CCc1cc2c(=O)n(CCC(=O)Nc3ccccc3C#N)cnc2s1. The number of carbonyl (C=O) groups is 1. The maximum Gasteiger partial charge on any atom is 0.262 e. The molecule has 6 nitrogen and oxygen atoms in total. The van der Waals surface area contributed by atoms with Crippen molar-refractivity contribution in [1.82, 2.24) is 9.55 Å². The molecule has 2 heterocycles. The van der Waals surface area contributed by atoms with E-state index in [-0.39, 0.29) is 24.4 Å². The van der Waals surface area contributed by atoms with Crippen LogP contribution < -0.4 is 10.9 Å². The second kappa shape index (κ2) is 7.28. The van der Waals surface area contributed by atoms with Gasteiger partial charge in [0.1, 0.15) is 10.9 Å². The summed E-state index contributed by atoms with van der Waals surface area (Å²) in [7, 11) is 0. The highest BCUT2D eigenvalue weighted by atomic mass is 32.1. The number of aromatic nitrogens is 2. The molecule has 0 saturated carbocycles. The largest absolute Gasteiger partial charge is 0.325 e. The molecule has 1 N–H and O–H groups in total. The van der Waals surface area contributed by atoms with Crippen molar-refractivity contribution < 1.29 is 4.79 Å². The number of aryl methyl sites for hydroxylation is 2. The maximum absolute atomic E-state index is 12.5. The molecular formula is C18H16N4O2S. The van der Waals surface area contributed by atoms with E-state index in [1.165, 1.54) is 22.2 Å². The van der Waals surface area contributed by atoms with Crippen LogP contribution in [0.4, 0.5) is 5.69 Å². The molecule has 2 aromatic heterocycles. The van der Waals surface area contributed by atoms with E-state index in [0.717, 1.165) is 16.1 Å². The van der Waals surface area contributed by atoms with E-state index in [0.29, 0.717) is 16.6 Å². The maximum atomic E-state index is 12.5. The summed E-state index contributed by atoms with van der Waals surface area (Å²) in [6.07, 6.45) is 2.47. The summed E-state index contributed by atoms with van der Waals surface area (Å²) in [5.74, 6) is -0.255. The van der Waals surface area contributed by atoms with Crippen molar-refractivity contribution >= 4 is 33.1 Å². The number of thiophene rings is 1. The number of para-hydroxylation sites is 1.